The lowest BCUT2D eigenvalue weighted by molar-refractivity contribution is 0.259. The number of aromatic amines is 1. The highest BCUT2D eigenvalue weighted by molar-refractivity contribution is 7.89. The average molecular weight is 298 g/mol. The number of rotatable bonds is 5. The molecule has 3 rings (SSSR count). The highest BCUT2D eigenvalue weighted by Gasteiger charge is 2.32. The Morgan fingerprint density at radius 3 is 2.90 bits per heavy atom. The smallest absolute Gasteiger partial charge is 0.246 e. The molecule has 6 nitrogen and oxygen atoms in total. The highest BCUT2D eigenvalue weighted by Crippen LogP contribution is 2.25. The SMILES string of the molecule is Cc1[nH]ncc1S(=O)(=O)N1CCCC(CNC2CC2)C1. The summed E-state index contributed by atoms with van der Waals surface area (Å²) in [6, 6.07) is 0.679. The number of piperidine rings is 1. The second kappa shape index (κ2) is 5.46. The standard InChI is InChI=1S/C13H22N4O2S/c1-10-13(8-15-16-10)20(18,19)17-6-2-3-11(9-17)7-14-12-4-5-12/h8,11-12,14H,2-7,9H2,1H3,(H,15,16). The summed E-state index contributed by atoms with van der Waals surface area (Å²) in [5, 5.41) is 10.0. The van der Waals surface area contributed by atoms with Gasteiger partial charge in [0.1, 0.15) is 4.90 Å². The van der Waals surface area contributed by atoms with Crippen molar-refractivity contribution in [1.82, 2.24) is 19.8 Å². The molecule has 0 spiro atoms. The molecule has 2 fully saturated rings. The van der Waals surface area contributed by atoms with Crippen LogP contribution in [-0.2, 0) is 10.0 Å². The molecule has 0 aromatic carbocycles. The van der Waals surface area contributed by atoms with Crippen molar-refractivity contribution in [2.24, 2.45) is 5.92 Å². The minimum atomic E-state index is -3.39. The quantitative estimate of drug-likeness (QED) is 0.845. The van der Waals surface area contributed by atoms with Gasteiger partial charge in [0.05, 0.1) is 11.9 Å². The molecule has 1 unspecified atom stereocenters. The predicted molar refractivity (Wildman–Crippen MR) is 75.8 cm³/mol. The van der Waals surface area contributed by atoms with Crippen LogP contribution < -0.4 is 5.32 Å². The van der Waals surface area contributed by atoms with Gasteiger partial charge in [0.2, 0.25) is 10.0 Å². The summed E-state index contributed by atoms with van der Waals surface area (Å²) in [7, 11) is -3.39. The maximum atomic E-state index is 12.6. The zero-order chi connectivity index (χ0) is 14.2. The van der Waals surface area contributed by atoms with E-state index in [2.05, 4.69) is 15.5 Å². The molecule has 2 heterocycles. The number of H-pyrrole nitrogens is 1. The molecule has 1 aliphatic carbocycles. The molecular weight excluding hydrogens is 276 g/mol. The van der Waals surface area contributed by atoms with Crippen LogP contribution in [0.2, 0.25) is 0 Å². The van der Waals surface area contributed by atoms with Gasteiger partial charge in [-0.25, -0.2) is 8.42 Å². The van der Waals surface area contributed by atoms with Crippen molar-refractivity contribution in [3.8, 4) is 0 Å². The van der Waals surface area contributed by atoms with E-state index in [4.69, 9.17) is 0 Å². The Morgan fingerprint density at radius 1 is 1.45 bits per heavy atom. The average Bonchev–Trinajstić information content (AvgIpc) is 3.17. The van der Waals surface area contributed by atoms with Gasteiger partial charge in [-0.1, -0.05) is 0 Å². The normalized spacial score (nSPS) is 24.9. The third kappa shape index (κ3) is 2.89. The summed E-state index contributed by atoms with van der Waals surface area (Å²) < 4.78 is 26.8. The molecule has 1 aromatic heterocycles. The van der Waals surface area contributed by atoms with Gasteiger partial charge in [-0.3, -0.25) is 5.10 Å². The van der Waals surface area contributed by atoms with Crippen molar-refractivity contribution in [1.29, 1.82) is 0 Å². The van der Waals surface area contributed by atoms with E-state index >= 15 is 0 Å². The number of aryl methyl sites for hydroxylation is 1. The fourth-order valence-electron chi connectivity index (χ4n) is 2.77. The Kier molecular flexibility index (Phi) is 3.83. The molecular formula is C13H22N4O2S. The van der Waals surface area contributed by atoms with Crippen LogP contribution in [0.3, 0.4) is 0 Å². The molecule has 1 aliphatic heterocycles. The number of hydrogen-bond donors (Lipinski definition) is 2. The van der Waals surface area contributed by atoms with Gasteiger partial charge in [-0.05, 0) is 45.1 Å². The predicted octanol–water partition coefficient (Wildman–Crippen LogP) is 0.871. The maximum Gasteiger partial charge on any atom is 0.246 e. The first-order chi connectivity index (χ1) is 9.57. The van der Waals surface area contributed by atoms with E-state index in [1.807, 2.05) is 0 Å². The van der Waals surface area contributed by atoms with Gasteiger partial charge < -0.3 is 5.32 Å². The summed E-state index contributed by atoms with van der Waals surface area (Å²) in [5.74, 6) is 0.423. The Hall–Kier alpha value is -0.920. The van der Waals surface area contributed by atoms with Crippen molar-refractivity contribution >= 4 is 10.0 Å². The van der Waals surface area contributed by atoms with Crippen LogP contribution in [0, 0.1) is 12.8 Å². The minimum Gasteiger partial charge on any atom is -0.314 e. The largest absolute Gasteiger partial charge is 0.314 e. The molecule has 1 atom stereocenters. The first-order valence-corrected chi connectivity index (χ1v) is 8.75. The van der Waals surface area contributed by atoms with Crippen LogP contribution in [0.15, 0.2) is 11.1 Å². The summed E-state index contributed by atoms with van der Waals surface area (Å²) >= 11 is 0. The monoisotopic (exact) mass is 298 g/mol. The van der Waals surface area contributed by atoms with Crippen LogP contribution in [0.5, 0.6) is 0 Å². The first kappa shape index (κ1) is 14.0. The molecule has 1 aromatic rings. The van der Waals surface area contributed by atoms with E-state index in [0.29, 0.717) is 35.6 Å². The van der Waals surface area contributed by atoms with Gasteiger partial charge >= 0.3 is 0 Å². The third-order valence-corrected chi connectivity index (χ3v) is 6.13. The van der Waals surface area contributed by atoms with E-state index in [1.54, 1.807) is 11.2 Å². The zero-order valence-electron chi connectivity index (χ0n) is 11.8. The van der Waals surface area contributed by atoms with Crippen LogP contribution in [0.4, 0.5) is 0 Å². The van der Waals surface area contributed by atoms with Gasteiger partial charge in [0, 0.05) is 19.1 Å². The molecule has 20 heavy (non-hydrogen) atoms. The summed E-state index contributed by atoms with van der Waals surface area (Å²) in [6.45, 7) is 3.91. The van der Waals surface area contributed by atoms with E-state index in [-0.39, 0.29) is 0 Å². The number of nitrogens with zero attached hydrogens (tertiary/aromatic N) is 2. The van der Waals surface area contributed by atoms with Crippen molar-refractivity contribution in [3.05, 3.63) is 11.9 Å². The first-order valence-electron chi connectivity index (χ1n) is 7.31. The van der Waals surface area contributed by atoms with Crippen molar-refractivity contribution in [3.63, 3.8) is 0 Å². The second-order valence-electron chi connectivity index (χ2n) is 5.91. The topological polar surface area (TPSA) is 78.1 Å². The zero-order valence-corrected chi connectivity index (χ0v) is 12.6. The van der Waals surface area contributed by atoms with Crippen LogP contribution in [0.25, 0.3) is 0 Å². The number of hydrogen-bond acceptors (Lipinski definition) is 4. The molecule has 0 bridgehead atoms. The third-order valence-electron chi connectivity index (χ3n) is 4.16. The second-order valence-corrected chi connectivity index (χ2v) is 7.82. The van der Waals surface area contributed by atoms with Gasteiger partial charge in [0.15, 0.2) is 0 Å². The van der Waals surface area contributed by atoms with Crippen molar-refractivity contribution in [2.45, 2.75) is 43.5 Å². The molecule has 2 N–H and O–H groups in total. The number of sulfonamides is 1. The van der Waals surface area contributed by atoms with Gasteiger partial charge in [0.25, 0.3) is 0 Å². The molecule has 1 saturated carbocycles. The molecule has 0 amide bonds. The molecule has 7 heteroatoms. The number of nitrogens with one attached hydrogen (secondary N) is 2. The Morgan fingerprint density at radius 2 is 2.25 bits per heavy atom. The van der Waals surface area contributed by atoms with Crippen molar-refractivity contribution < 1.29 is 8.42 Å². The van der Waals surface area contributed by atoms with E-state index in [0.717, 1.165) is 19.4 Å². The lowest BCUT2D eigenvalue weighted by Crippen LogP contribution is -2.43. The van der Waals surface area contributed by atoms with Crippen molar-refractivity contribution in [2.75, 3.05) is 19.6 Å². The summed E-state index contributed by atoms with van der Waals surface area (Å²) in [5.41, 5.74) is 0.614. The summed E-state index contributed by atoms with van der Waals surface area (Å²) in [4.78, 5) is 0.313. The summed E-state index contributed by atoms with van der Waals surface area (Å²) in [6.07, 6.45) is 5.99. The lowest BCUT2D eigenvalue weighted by atomic mass is 10.00. The van der Waals surface area contributed by atoms with Gasteiger partial charge in [-0.2, -0.15) is 9.40 Å². The Labute approximate surface area is 120 Å². The fraction of sp³-hybridized carbons (Fsp3) is 0.769. The van der Waals surface area contributed by atoms with Gasteiger partial charge in [-0.15, -0.1) is 0 Å². The van der Waals surface area contributed by atoms with E-state index in [9.17, 15) is 8.42 Å². The molecule has 0 radical (unpaired) electrons. The fourth-order valence-corrected chi connectivity index (χ4v) is 4.44. The van der Waals surface area contributed by atoms with E-state index in [1.165, 1.54) is 19.0 Å². The van der Waals surface area contributed by atoms with E-state index < -0.39 is 10.0 Å². The molecule has 2 aliphatic rings. The van der Waals surface area contributed by atoms with Crippen LogP contribution in [-0.4, -0.2) is 48.6 Å². The Bertz CT molecular complexity index is 565. The molecule has 112 valence electrons. The minimum absolute atomic E-state index is 0.313. The van der Waals surface area contributed by atoms with Crippen LogP contribution in [0.1, 0.15) is 31.4 Å². The maximum absolute atomic E-state index is 12.6. The molecule has 1 saturated heterocycles. The highest BCUT2D eigenvalue weighted by atomic mass is 32.2. The Balaban J connectivity index is 1.67. The van der Waals surface area contributed by atoms with Crippen LogP contribution >= 0.6 is 0 Å². The lowest BCUT2D eigenvalue weighted by Gasteiger charge is -2.32. The number of aromatic nitrogens is 2.